The Morgan fingerprint density at radius 3 is 2.50 bits per heavy atom. The molecule has 5 rings (SSSR count). The van der Waals surface area contributed by atoms with Crippen LogP contribution in [0.25, 0.3) is 22.1 Å². The lowest BCUT2D eigenvalue weighted by molar-refractivity contribution is 0.102. The highest BCUT2D eigenvalue weighted by Crippen LogP contribution is 2.29. The average Bonchev–Trinajstić information content (AvgIpc) is 2.84. The summed E-state index contributed by atoms with van der Waals surface area (Å²) >= 11 is 0. The van der Waals surface area contributed by atoms with Gasteiger partial charge < -0.3 is 14.6 Å². The van der Waals surface area contributed by atoms with Crippen molar-refractivity contribution < 1.29 is 9.21 Å². The number of carbonyl (C=O) groups is 1. The number of nitrogens with one attached hydrogen (secondary N) is 1. The van der Waals surface area contributed by atoms with Gasteiger partial charge in [-0.05, 0) is 61.2 Å². The van der Waals surface area contributed by atoms with Crippen molar-refractivity contribution in [2.75, 3.05) is 23.3 Å². The summed E-state index contributed by atoms with van der Waals surface area (Å²) in [4.78, 5) is 28.0. The van der Waals surface area contributed by atoms with Crippen LogP contribution in [0.3, 0.4) is 0 Å². The monoisotopic (exact) mass is 424 g/mol. The molecular weight excluding hydrogens is 400 g/mol. The number of amides is 1. The van der Waals surface area contributed by atoms with Crippen molar-refractivity contribution >= 4 is 28.3 Å². The molecule has 1 aliphatic rings. The molecule has 0 bridgehead atoms. The lowest BCUT2D eigenvalue weighted by atomic mass is 10.0. The van der Waals surface area contributed by atoms with Crippen LogP contribution in [0.15, 0.2) is 88.1 Å². The van der Waals surface area contributed by atoms with E-state index in [9.17, 15) is 9.59 Å². The van der Waals surface area contributed by atoms with E-state index in [0.29, 0.717) is 22.3 Å². The molecule has 5 nitrogen and oxygen atoms in total. The van der Waals surface area contributed by atoms with Crippen LogP contribution in [0.2, 0.25) is 0 Å². The Morgan fingerprint density at radius 1 is 0.844 bits per heavy atom. The average molecular weight is 425 g/mol. The molecular formula is C27H24N2O3. The van der Waals surface area contributed by atoms with Crippen LogP contribution in [-0.4, -0.2) is 19.0 Å². The molecule has 0 atom stereocenters. The fourth-order valence-electron chi connectivity index (χ4n) is 4.28. The molecule has 3 aromatic carbocycles. The maximum absolute atomic E-state index is 13.1. The first-order chi connectivity index (χ1) is 15.7. The molecule has 5 heteroatoms. The highest BCUT2D eigenvalue weighted by Gasteiger charge is 2.17. The van der Waals surface area contributed by atoms with Gasteiger partial charge in [-0.3, -0.25) is 4.79 Å². The summed E-state index contributed by atoms with van der Waals surface area (Å²) in [5.41, 5.74) is 3.56. The van der Waals surface area contributed by atoms with E-state index in [0.717, 1.165) is 29.9 Å². The van der Waals surface area contributed by atoms with E-state index in [2.05, 4.69) is 16.3 Å². The van der Waals surface area contributed by atoms with Crippen molar-refractivity contribution in [1.82, 2.24) is 0 Å². The molecule has 0 unspecified atom stereocenters. The Labute approximate surface area is 186 Å². The van der Waals surface area contributed by atoms with Crippen molar-refractivity contribution in [2.24, 2.45) is 0 Å². The maximum atomic E-state index is 13.1. The number of hydrogen-bond donors (Lipinski definition) is 1. The Bertz CT molecular complexity index is 1340. The summed E-state index contributed by atoms with van der Waals surface area (Å²) in [5.74, 6) is -0.207. The van der Waals surface area contributed by atoms with E-state index in [1.165, 1.54) is 19.3 Å². The first-order valence-corrected chi connectivity index (χ1v) is 11.0. The quantitative estimate of drug-likeness (QED) is 0.427. The van der Waals surface area contributed by atoms with Crippen LogP contribution in [-0.2, 0) is 0 Å². The third-order valence-electron chi connectivity index (χ3n) is 5.93. The number of para-hydroxylation sites is 3. The molecule has 1 fully saturated rings. The molecule has 0 aliphatic carbocycles. The van der Waals surface area contributed by atoms with Crippen LogP contribution in [0.4, 0.5) is 11.4 Å². The van der Waals surface area contributed by atoms with Gasteiger partial charge in [0.2, 0.25) is 0 Å². The molecule has 1 amide bonds. The summed E-state index contributed by atoms with van der Waals surface area (Å²) in [6.07, 6.45) is 3.58. The van der Waals surface area contributed by atoms with Crippen molar-refractivity contribution in [3.8, 4) is 11.1 Å². The Balaban J connectivity index is 1.44. The van der Waals surface area contributed by atoms with Crippen LogP contribution in [0.5, 0.6) is 0 Å². The number of piperidine rings is 1. The standard InChI is InChI=1S/C27H24N2O3/c30-26(28-23-12-3-4-13-24(23)29-15-6-1-7-16-29)21-11-8-10-19(17-21)22-18-20-9-2-5-14-25(20)32-27(22)31/h2-5,8-14,17-18H,1,6-7,15-16H2,(H,28,30). The smallest absolute Gasteiger partial charge is 0.344 e. The lowest BCUT2D eigenvalue weighted by Gasteiger charge is -2.30. The van der Waals surface area contributed by atoms with Gasteiger partial charge in [0, 0.05) is 24.0 Å². The molecule has 0 saturated carbocycles. The minimum Gasteiger partial charge on any atom is -0.422 e. The Kier molecular flexibility index (Phi) is 5.46. The van der Waals surface area contributed by atoms with Crippen LogP contribution < -0.4 is 15.8 Å². The van der Waals surface area contributed by atoms with Gasteiger partial charge in [-0.1, -0.05) is 42.5 Å². The van der Waals surface area contributed by atoms with Crippen molar-refractivity contribution in [1.29, 1.82) is 0 Å². The van der Waals surface area contributed by atoms with E-state index in [-0.39, 0.29) is 5.91 Å². The second-order valence-electron chi connectivity index (χ2n) is 8.09. The number of carbonyl (C=O) groups excluding carboxylic acids is 1. The predicted molar refractivity (Wildman–Crippen MR) is 128 cm³/mol. The molecule has 160 valence electrons. The molecule has 4 aromatic rings. The fraction of sp³-hybridized carbons (Fsp3) is 0.185. The minimum absolute atomic E-state index is 0.207. The zero-order valence-corrected chi connectivity index (χ0v) is 17.7. The van der Waals surface area contributed by atoms with Crippen LogP contribution in [0.1, 0.15) is 29.6 Å². The summed E-state index contributed by atoms with van der Waals surface area (Å²) in [6, 6.07) is 24.2. The van der Waals surface area contributed by atoms with E-state index < -0.39 is 5.63 Å². The van der Waals surface area contributed by atoms with E-state index in [4.69, 9.17) is 4.42 Å². The van der Waals surface area contributed by atoms with Crippen LogP contribution in [0, 0.1) is 0 Å². The molecule has 32 heavy (non-hydrogen) atoms. The predicted octanol–water partition coefficient (Wildman–Crippen LogP) is 5.70. The number of anilines is 2. The largest absolute Gasteiger partial charge is 0.422 e. The topological polar surface area (TPSA) is 62.6 Å². The Morgan fingerprint density at radius 2 is 1.62 bits per heavy atom. The number of nitrogens with zero attached hydrogens (tertiary/aromatic N) is 1. The first-order valence-electron chi connectivity index (χ1n) is 11.0. The summed E-state index contributed by atoms with van der Waals surface area (Å²) < 4.78 is 5.46. The highest BCUT2D eigenvalue weighted by molar-refractivity contribution is 6.06. The molecule has 1 aromatic heterocycles. The normalized spacial score (nSPS) is 13.8. The molecule has 0 radical (unpaired) electrons. The van der Waals surface area contributed by atoms with Gasteiger partial charge in [0.25, 0.3) is 5.91 Å². The Hall–Kier alpha value is -3.86. The second kappa shape index (κ2) is 8.71. The van der Waals surface area contributed by atoms with E-state index in [1.807, 2.05) is 48.5 Å². The SMILES string of the molecule is O=C(Nc1ccccc1N1CCCCC1)c1cccc(-c2cc3ccccc3oc2=O)c1. The first kappa shape index (κ1) is 20.1. The van der Waals surface area contributed by atoms with Gasteiger partial charge in [0.1, 0.15) is 5.58 Å². The third-order valence-corrected chi connectivity index (χ3v) is 5.93. The molecule has 1 N–H and O–H groups in total. The van der Waals surface area contributed by atoms with Crippen LogP contribution >= 0.6 is 0 Å². The number of benzene rings is 3. The molecule has 1 aliphatic heterocycles. The molecule has 0 spiro atoms. The molecule has 2 heterocycles. The van der Waals surface area contributed by atoms with Gasteiger partial charge in [-0.15, -0.1) is 0 Å². The summed E-state index contributed by atoms with van der Waals surface area (Å²) in [7, 11) is 0. The van der Waals surface area contributed by atoms with Gasteiger partial charge in [-0.2, -0.15) is 0 Å². The molecule has 1 saturated heterocycles. The summed E-state index contributed by atoms with van der Waals surface area (Å²) in [5, 5.41) is 3.91. The van der Waals surface area contributed by atoms with E-state index >= 15 is 0 Å². The number of hydrogen-bond acceptors (Lipinski definition) is 4. The lowest BCUT2D eigenvalue weighted by Crippen LogP contribution is -2.30. The minimum atomic E-state index is -0.420. The number of rotatable bonds is 4. The third kappa shape index (κ3) is 4.02. The number of fused-ring (bicyclic) bond motifs is 1. The maximum Gasteiger partial charge on any atom is 0.344 e. The zero-order valence-electron chi connectivity index (χ0n) is 17.7. The van der Waals surface area contributed by atoms with Crippen molar-refractivity contribution in [3.05, 3.63) is 94.8 Å². The van der Waals surface area contributed by atoms with Crippen molar-refractivity contribution in [2.45, 2.75) is 19.3 Å². The van der Waals surface area contributed by atoms with Gasteiger partial charge in [0.15, 0.2) is 0 Å². The van der Waals surface area contributed by atoms with E-state index in [1.54, 1.807) is 24.3 Å². The zero-order chi connectivity index (χ0) is 21.9. The highest BCUT2D eigenvalue weighted by atomic mass is 16.4. The van der Waals surface area contributed by atoms with Gasteiger partial charge in [-0.25, -0.2) is 4.79 Å². The van der Waals surface area contributed by atoms with Crippen molar-refractivity contribution in [3.63, 3.8) is 0 Å². The summed E-state index contributed by atoms with van der Waals surface area (Å²) in [6.45, 7) is 2.00. The van der Waals surface area contributed by atoms with Gasteiger partial charge >= 0.3 is 5.63 Å². The fourth-order valence-corrected chi connectivity index (χ4v) is 4.28. The second-order valence-corrected chi connectivity index (χ2v) is 8.09. The van der Waals surface area contributed by atoms with Gasteiger partial charge in [0.05, 0.1) is 16.9 Å².